The van der Waals surface area contributed by atoms with E-state index in [-0.39, 0.29) is 5.82 Å². The third kappa shape index (κ3) is 3.81. The van der Waals surface area contributed by atoms with Gasteiger partial charge in [0.15, 0.2) is 0 Å². The molecule has 3 heteroatoms. The fourth-order valence-corrected chi connectivity index (χ4v) is 1.55. The first-order chi connectivity index (χ1) is 7.67. The van der Waals surface area contributed by atoms with Crippen LogP contribution in [0.5, 0.6) is 0 Å². The molecule has 0 aliphatic carbocycles. The molecule has 1 rings (SSSR count). The Balaban J connectivity index is 2.73. The number of halogens is 1. The minimum Gasteiger partial charge on any atom is -0.375 e. The molecule has 0 bridgehead atoms. The van der Waals surface area contributed by atoms with Crippen LogP contribution in [-0.4, -0.2) is 20.1 Å². The van der Waals surface area contributed by atoms with Gasteiger partial charge in [0.05, 0.1) is 0 Å². The van der Waals surface area contributed by atoms with Crippen molar-refractivity contribution in [2.45, 2.75) is 26.8 Å². The minimum atomic E-state index is -0.161. The Morgan fingerprint density at radius 3 is 2.62 bits per heavy atom. The lowest BCUT2D eigenvalue weighted by atomic mass is 10.1. The minimum absolute atomic E-state index is 0.161. The Morgan fingerprint density at radius 2 is 2.00 bits per heavy atom. The van der Waals surface area contributed by atoms with Gasteiger partial charge in [0, 0.05) is 25.8 Å². The van der Waals surface area contributed by atoms with Crippen LogP contribution >= 0.6 is 0 Å². The maximum atomic E-state index is 13.4. The molecule has 0 aliphatic rings. The molecule has 1 aromatic rings. The molecule has 0 atom stereocenters. The SMILES string of the molecule is CCCNCc1cc(F)cc(N(C)CC)c1. The summed E-state index contributed by atoms with van der Waals surface area (Å²) in [5, 5.41) is 3.28. The lowest BCUT2D eigenvalue weighted by Gasteiger charge is -2.18. The van der Waals surface area contributed by atoms with Crippen LogP contribution in [0.4, 0.5) is 10.1 Å². The van der Waals surface area contributed by atoms with Gasteiger partial charge in [0.25, 0.3) is 0 Å². The monoisotopic (exact) mass is 224 g/mol. The van der Waals surface area contributed by atoms with E-state index in [0.717, 1.165) is 37.3 Å². The Morgan fingerprint density at radius 1 is 1.25 bits per heavy atom. The van der Waals surface area contributed by atoms with Crippen LogP contribution in [-0.2, 0) is 6.54 Å². The van der Waals surface area contributed by atoms with Gasteiger partial charge in [-0.15, -0.1) is 0 Å². The summed E-state index contributed by atoms with van der Waals surface area (Å²) in [4.78, 5) is 2.03. The lowest BCUT2D eigenvalue weighted by Crippen LogP contribution is -2.18. The fourth-order valence-electron chi connectivity index (χ4n) is 1.55. The summed E-state index contributed by atoms with van der Waals surface area (Å²) in [6, 6.07) is 5.21. The predicted molar refractivity (Wildman–Crippen MR) is 67.3 cm³/mol. The van der Waals surface area contributed by atoms with E-state index in [1.165, 1.54) is 0 Å². The molecule has 0 fully saturated rings. The molecular weight excluding hydrogens is 203 g/mol. The van der Waals surface area contributed by atoms with E-state index < -0.39 is 0 Å². The molecule has 0 aliphatic heterocycles. The molecule has 90 valence electrons. The highest BCUT2D eigenvalue weighted by Gasteiger charge is 2.03. The highest BCUT2D eigenvalue weighted by Crippen LogP contribution is 2.17. The summed E-state index contributed by atoms with van der Waals surface area (Å²) in [6.07, 6.45) is 1.09. The lowest BCUT2D eigenvalue weighted by molar-refractivity contribution is 0.618. The Bertz CT molecular complexity index is 326. The molecule has 0 amide bonds. The topological polar surface area (TPSA) is 15.3 Å². The highest BCUT2D eigenvalue weighted by molar-refractivity contribution is 5.48. The first kappa shape index (κ1) is 13.0. The molecule has 16 heavy (non-hydrogen) atoms. The Hall–Kier alpha value is -1.09. The zero-order valence-corrected chi connectivity index (χ0v) is 10.4. The van der Waals surface area contributed by atoms with E-state index in [1.807, 2.05) is 18.0 Å². The van der Waals surface area contributed by atoms with E-state index in [0.29, 0.717) is 0 Å². The second kappa shape index (κ2) is 6.48. The average molecular weight is 224 g/mol. The van der Waals surface area contributed by atoms with Crippen molar-refractivity contribution >= 4 is 5.69 Å². The van der Waals surface area contributed by atoms with Crippen LogP contribution in [0, 0.1) is 5.82 Å². The van der Waals surface area contributed by atoms with Crippen LogP contribution in [0.2, 0.25) is 0 Å². The smallest absolute Gasteiger partial charge is 0.125 e. The summed E-state index contributed by atoms with van der Waals surface area (Å²) < 4.78 is 13.4. The number of hydrogen-bond donors (Lipinski definition) is 1. The number of nitrogens with zero attached hydrogens (tertiary/aromatic N) is 1. The van der Waals surface area contributed by atoms with Crippen molar-refractivity contribution in [2.75, 3.05) is 25.0 Å². The van der Waals surface area contributed by atoms with E-state index in [9.17, 15) is 4.39 Å². The standard InChI is InChI=1S/C13H21FN2/c1-4-6-15-10-11-7-12(14)9-13(8-11)16(3)5-2/h7-9,15H,4-6,10H2,1-3H3. The first-order valence-corrected chi connectivity index (χ1v) is 5.88. The quantitative estimate of drug-likeness (QED) is 0.747. The molecule has 0 heterocycles. The zero-order chi connectivity index (χ0) is 12.0. The molecule has 0 spiro atoms. The third-order valence-electron chi connectivity index (χ3n) is 2.61. The molecule has 1 aromatic carbocycles. The Labute approximate surface area is 97.5 Å². The van der Waals surface area contributed by atoms with Gasteiger partial charge in [-0.05, 0) is 43.7 Å². The van der Waals surface area contributed by atoms with E-state index in [1.54, 1.807) is 12.1 Å². The van der Waals surface area contributed by atoms with Gasteiger partial charge in [0.1, 0.15) is 5.82 Å². The Kier molecular flexibility index (Phi) is 5.26. The second-order valence-corrected chi connectivity index (χ2v) is 4.01. The van der Waals surface area contributed by atoms with Gasteiger partial charge in [-0.3, -0.25) is 0 Å². The number of benzene rings is 1. The number of nitrogens with one attached hydrogen (secondary N) is 1. The summed E-state index contributed by atoms with van der Waals surface area (Å²) in [6.45, 7) is 6.76. The van der Waals surface area contributed by atoms with E-state index >= 15 is 0 Å². The van der Waals surface area contributed by atoms with Gasteiger partial charge in [0.2, 0.25) is 0 Å². The predicted octanol–water partition coefficient (Wildman–Crippen LogP) is 2.78. The largest absolute Gasteiger partial charge is 0.375 e. The van der Waals surface area contributed by atoms with Crippen LogP contribution in [0.3, 0.4) is 0 Å². The molecule has 0 aromatic heterocycles. The van der Waals surface area contributed by atoms with Gasteiger partial charge >= 0.3 is 0 Å². The molecule has 0 saturated heterocycles. The zero-order valence-electron chi connectivity index (χ0n) is 10.4. The summed E-state index contributed by atoms with van der Waals surface area (Å²) in [5.74, 6) is -0.161. The number of hydrogen-bond acceptors (Lipinski definition) is 2. The van der Waals surface area contributed by atoms with Gasteiger partial charge in [-0.2, -0.15) is 0 Å². The normalized spacial score (nSPS) is 10.5. The molecule has 0 saturated carbocycles. The van der Waals surface area contributed by atoms with Crippen LogP contribution in [0.25, 0.3) is 0 Å². The van der Waals surface area contributed by atoms with Crippen molar-refractivity contribution in [3.05, 3.63) is 29.6 Å². The van der Waals surface area contributed by atoms with E-state index in [2.05, 4.69) is 19.2 Å². The molecule has 0 unspecified atom stereocenters. The van der Waals surface area contributed by atoms with Gasteiger partial charge in [-0.25, -0.2) is 4.39 Å². The van der Waals surface area contributed by atoms with Crippen molar-refractivity contribution in [2.24, 2.45) is 0 Å². The maximum Gasteiger partial charge on any atom is 0.125 e. The van der Waals surface area contributed by atoms with Crippen molar-refractivity contribution in [1.82, 2.24) is 5.32 Å². The van der Waals surface area contributed by atoms with Crippen molar-refractivity contribution in [3.8, 4) is 0 Å². The molecular formula is C13H21FN2. The third-order valence-corrected chi connectivity index (χ3v) is 2.61. The van der Waals surface area contributed by atoms with Gasteiger partial charge < -0.3 is 10.2 Å². The summed E-state index contributed by atoms with van der Waals surface area (Å²) >= 11 is 0. The van der Waals surface area contributed by atoms with Crippen molar-refractivity contribution in [1.29, 1.82) is 0 Å². The average Bonchev–Trinajstić information content (AvgIpc) is 2.27. The van der Waals surface area contributed by atoms with Crippen LogP contribution < -0.4 is 10.2 Å². The summed E-state index contributed by atoms with van der Waals surface area (Å²) in [7, 11) is 1.97. The maximum absolute atomic E-state index is 13.4. The molecule has 2 nitrogen and oxygen atoms in total. The number of rotatable bonds is 6. The van der Waals surface area contributed by atoms with Crippen LogP contribution in [0.15, 0.2) is 18.2 Å². The first-order valence-electron chi connectivity index (χ1n) is 5.88. The van der Waals surface area contributed by atoms with Crippen molar-refractivity contribution < 1.29 is 4.39 Å². The van der Waals surface area contributed by atoms with E-state index in [4.69, 9.17) is 0 Å². The second-order valence-electron chi connectivity index (χ2n) is 4.01. The number of anilines is 1. The molecule has 1 N–H and O–H groups in total. The van der Waals surface area contributed by atoms with Crippen molar-refractivity contribution in [3.63, 3.8) is 0 Å². The van der Waals surface area contributed by atoms with Crippen LogP contribution in [0.1, 0.15) is 25.8 Å². The van der Waals surface area contributed by atoms with Gasteiger partial charge in [-0.1, -0.05) is 6.92 Å². The summed E-state index contributed by atoms with van der Waals surface area (Å²) in [5.41, 5.74) is 1.94. The highest BCUT2D eigenvalue weighted by atomic mass is 19.1. The molecule has 0 radical (unpaired) electrons. The fraction of sp³-hybridized carbons (Fsp3) is 0.538.